The molecule has 0 unspecified atom stereocenters. The molecule has 0 saturated carbocycles. The lowest BCUT2D eigenvalue weighted by Gasteiger charge is -2.10. The van der Waals surface area contributed by atoms with Crippen LogP contribution in [0.2, 0.25) is 0 Å². The minimum atomic E-state index is -0.522. The number of rotatable bonds is 6. The summed E-state index contributed by atoms with van der Waals surface area (Å²) < 4.78 is 21.2. The van der Waals surface area contributed by atoms with Crippen LogP contribution in [0.4, 0.5) is 0 Å². The molecule has 0 bridgehead atoms. The second-order valence-electron chi connectivity index (χ2n) is 5.07. The zero-order valence-electron chi connectivity index (χ0n) is 13.4. The molecule has 3 rings (SSSR count). The summed E-state index contributed by atoms with van der Waals surface area (Å²) in [4.78, 5) is 16.1. The highest BCUT2D eigenvalue weighted by molar-refractivity contribution is 6.11. The van der Waals surface area contributed by atoms with Crippen molar-refractivity contribution in [1.82, 2.24) is 0 Å². The summed E-state index contributed by atoms with van der Waals surface area (Å²) in [6.07, 6.45) is 4.03. The fraction of sp³-hybridized carbons (Fsp3) is 0.222. The molecule has 6 heteroatoms. The molecule has 2 heterocycles. The predicted octanol–water partition coefficient (Wildman–Crippen LogP) is 3.42. The van der Waals surface area contributed by atoms with E-state index in [4.69, 9.17) is 18.6 Å². The monoisotopic (exact) mass is 327 g/mol. The van der Waals surface area contributed by atoms with Gasteiger partial charge < -0.3 is 18.6 Å². The maximum Gasteiger partial charge on any atom is 0.363 e. The molecule has 2 aromatic rings. The Morgan fingerprint density at radius 1 is 1.25 bits per heavy atom. The molecule has 1 aromatic carbocycles. The number of furan rings is 1. The van der Waals surface area contributed by atoms with E-state index in [2.05, 4.69) is 4.99 Å². The number of esters is 1. The van der Waals surface area contributed by atoms with Crippen LogP contribution >= 0.6 is 0 Å². The molecule has 0 N–H and O–H groups in total. The van der Waals surface area contributed by atoms with E-state index in [0.29, 0.717) is 23.9 Å². The van der Waals surface area contributed by atoms with E-state index in [-0.39, 0.29) is 11.6 Å². The van der Waals surface area contributed by atoms with Gasteiger partial charge in [0.15, 0.2) is 23.0 Å². The van der Waals surface area contributed by atoms with Gasteiger partial charge in [-0.05, 0) is 42.3 Å². The third-order valence-corrected chi connectivity index (χ3v) is 3.31. The third-order valence-electron chi connectivity index (χ3n) is 3.31. The van der Waals surface area contributed by atoms with Gasteiger partial charge in [-0.15, -0.1) is 0 Å². The van der Waals surface area contributed by atoms with Crippen LogP contribution in [0.5, 0.6) is 11.5 Å². The van der Waals surface area contributed by atoms with Crippen LogP contribution in [-0.4, -0.2) is 25.6 Å². The van der Waals surface area contributed by atoms with Gasteiger partial charge in [-0.2, -0.15) is 0 Å². The zero-order chi connectivity index (χ0) is 16.9. The van der Waals surface area contributed by atoms with Crippen molar-refractivity contribution in [2.45, 2.75) is 13.3 Å². The smallest absolute Gasteiger partial charge is 0.363 e. The molecule has 0 radical (unpaired) electrons. The highest BCUT2D eigenvalue weighted by Gasteiger charge is 2.25. The Kier molecular flexibility index (Phi) is 4.65. The van der Waals surface area contributed by atoms with Crippen LogP contribution in [0.3, 0.4) is 0 Å². The van der Waals surface area contributed by atoms with Crippen molar-refractivity contribution >= 4 is 17.9 Å². The molecule has 0 amide bonds. The summed E-state index contributed by atoms with van der Waals surface area (Å²) in [5, 5.41) is 0. The van der Waals surface area contributed by atoms with Crippen molar-refractivity contribution in [3.05, 3.63) is 53.6 Å². The molecule has 0 saturated heterocycles. The second-order valence-corrected chi connectivity index (χ2v) is 5.07. The van der Waals surface area contributed by atoms with Crippen LogP contribution in [0.15, 0.2) is 51.7 Å². The molecule has 124 valence electrons. The van der Waals surface area contributed by atoms with Crippen LogP contribution < -0.4 is 9.47 Å². The van der Waals surface area contributed by atoms with E-state index < -0.39 is 5.97 Å². The lowest BCUT2D eigenvalue weighted by atomic mass is 10.1. The van der Waals surface area contributed by atoms with Gasteiger partial charge in [-0.3, -0.25) is 0 Å². The van der Waals surface area contributed by atoms with Crippen molar-refractivity contribution in [3.63, 3.8) is 0 Å². The molecular weight excluding hydrogens is 310 g/mol. The van der Waals surface area contributed by atoms with Crippen molar-refractivity contribution in [2.75, 3.05) is 13.7 Å². The Hall–Kier alpha value is -3.02. The van der Waals surface area contributed by atoms with Crippen molar-refractivity contribution in [1.29, 1.82) is 0 Å². The van der Waals surface area contributed by atoms with Crippen LogP contribution in [0.1, 0.15) is 24.7 Å². The first kappa shape index (κ1) is 15.9. The summed E-state index contributed by atoms with van der Waals surface area (Å²) in [7, 11) is 1.57. The molecule has 6 nitrogen and oxygen atoms in total. The summed E-state index contributed by atoms with van der Waals surface area (Å²) >= 11 is 0. The van der Waals surface area contributed by atoms with Gasteiger partial charge in [0.25, 0.3) is 5.90 Å². The maximum atomic E-state index is 11.9. The molecule has 24 heavy (non-hydrogen) atoms. The van der Waals surface area contributed by atoms with Crippen LogP contribution in [0, 0.1) is 0 Å². The zero-order valence-corrected chi connectivity index (χ0v) is 13.4. The first-order valence-electron chi connectivity index (χ1n) is 7.58. The van der Waals surface area contributed by atoms with Crippen molar-refractivity contribution in [3.8, 4) is 11.5 Å². The average Bonchev–Trinajstić information content (AvgIpc) is 3.24. The second kappa shape index (κ2) is 7.04. The Bertz CT molecular complexity index is 790. The summed E-state index contributed by atoms with van der Waals surface area (Å²) in [6.45, 7) is 2.64. The summed E-state index contributed by atoms with van der Waals surface area (Å²) in [5.41, 5.74) is 0.956. The van der Waals surface area contributed by atoms with Gasteiger partial charge in [0.1, 0.15) is 0 Å². The van der Waals surface area contributed by atoms with Gasteiger partial charge in [0.2, 0.25) is 0 Å². The average molecular weight is 327 g/mol. The topological polar surface area (TPSA) is 70.3 Å². The fourth-order valence-electron chi connectivity index (χ4n) is 2.18. The van der Waals surface area contributed by atoms with E-state index in [1.165, 1.54) is 6.26 Å². The number of carbonyl (C=O) groups excluding carboxylic acids is 1. The predicted molar refractivity (Wildman–Crippen MR) is 88.1 cm³/mol. The van der Waals surface area contributed by atoms with Crippen LogP contribution in [-0.2, 0) is 9.53 Å². The molecule has 0 spiro atoms. The van der Waals surface area contributed by atoms with E-state index in [9.17, 15) is 4.79 Å². The van der Waals surface area contributed by atoms with Gasteiger partial charge in [-0.25, -0.2) is 9.79 Å². The van der Waals surface area contributed by atoms with Gasteiger partial charge >= 0.3 is 5.97 Å². The number of cyclic esters (lactones) is 1. The first-order chi connectivity index (χ1) is 11.7. The van der Waals surface area contributed by atoms with E-state index >= 15 is 0 Å². The molecule has 1 aliphatic rings. The molecule has 1 aliphatic heterocycles. The number of aliphatic imine (C=N–C) groups is 1. The number of hydrogen-bond donors (Lipinski definition) is 0. The highest BCUT2D eigenvalue weighted by atomic mass is 16.6. The Labute approximate surface area is 139 Å². The van der Waals surface area contributed by atoms with Crippen molar-refractivity contribution < 1.29 is 23.4 Å². The maximum absolute atomic E-state index is 11.9. The summed E-state index contributed by atoms with van der Waals surface area (Å²) in [5.74, 6) is 1.31. The lowest BCUT2D eigenvalue weighted by molar-refractivity contribution is -0.130. The Balaban J connectivity index is 1.86. The van der Waals surface area contributed by atoms with Gasteiger partial charge in [0, 0.05) is 0 Å². The SMILES string of the molecule is CCCOc1ccc(/C=C2/N=C(c3ccco3)OC2=O)cc1OC. The normalized spacial score (nSPS) is 15.3. The van der Waals surface area contributed by atoms with E-state index in [1.54, 1.807) is 37.5 Å². The minimum Gasteiger partial charge on any atom is -0.493 e. The standard InChI is InChI=1S/C18H17NO5/c1-3-8-22-14-7-6-12(11-16(14)21-2)10-13-18(20)24-17(19-13)15-5-4-9-23-15/h4-7,9-11H,3,8H2,1-2H3/b13-10+. The number of methoxy groups -OCH3 is 1. The highest BCUT2D eigenvalue weighted by Crippen LogP contribution is 2.30. The lowest BCUT2D eigenvalue weighted by Crippen LogP contribution is -2.04. The molecule has 0 atom stereocenters. The number of benzene rings is 1. The molecule has 0 fully saturated rings. The number of nitrogens with zero attached hydrogens (tertiary/aromatic N) is 1. The fourth-order valence-corrected chi connectivity index (χ4v) is 2.18. The van der Waals surface area contributed by atoms with E-state index in [1.807, 2.05) is 13.0 Å². The number of ether oxygens (including phenoxy) is 3. The van der Waals surface area contributed by atoms with E-state index in [0.717, 1.165) is 12.0 Å². The van der Waals surface area contributed by atoms with Gasteiger partial charge in [0.05, 0.1) is 20.0 Å². The molecule has 0 aliphatic carbocycles. The Morgan fingerprint density at radius 2 is 2.12 bits per heavy atom. The van der Waals surface area contributed by atoms with Gasteiger partial charge in [-0.1, -0.05) is 13.0 Å². The van der Waals surface area contributed by atoms with Crippen molar-refractivity contribution in [2.24, 2.45) is 4.99 Å². The minimum absolute atomic E-state index is 0.158. The third kappa shape index (κ3) is 3.32. The first-order valence-corrected chi connectivity index (χ1v) is 7.58. The largest absolute Gasteiger partial charge is 0.493 e. The quantitative estimate of drug-likeness (QED) is 0.600. The summed E-state index contributed by atoms with van der Waals surface area (Å²) in [6, 6.07) is 8.80. The van der Waals surface area contributed by atoms with Crippen LogP contribution in [0.25, 0.3) is 6.08 Å². The number of hydrogen-bond acceptors (Lipinski definition) is 6. The molecule has 1 aromatic heterocycles. The number of carbonyl (C=O) groups is 1. The Morgan fingerprint density at radius 3 is 2.83 bits per heavy atom. The molecular formula is C18H17NO5.